The molecule has 2 aromatic rings. The summed E-state index contributed by atoms with van der Waals surface area (Å²) in [5.74, 6) is -1.46. The first-order valence-electron chi connectivity index (χ1n) is 8.51. The lowest BCUT2D eigenvalue weighted by Crippen LogP contribution is -2.29. The molecule has 0 N–H and O–H groups in total. The molecule has 0 aliphatic heterocycles. The number of hydrogen-bond donors (Lipinski definition) is 0. The molecular weight excluding hydrogens is 376 g/mol. The Hall–Kier alpha value is -2.03. The molecule has 0 aromatic heterocycles. The van der Waals surface area contributed by atoms with Crippen LogP contribution in [-0.4, -0.2) is 39.6 Å². The second-order valence-electron chi connectivity index (χ2n) is 5.89. The minimum atomic E-state index is -3.82. The molecule has 0 heterocycles. The van der Waals surface area contributed by atoms with E-state index in [4.69, 9.17) is 9.47 Å². The van der Waals surface area contributed by atoms with Gasteiger partial charge in [0.25, 0.3) is 0 Å². The van der Waals surface area contributed by atoms with Crippen molar-refractivity contribution in [2.24, 2.45) is 0 Å². The van der Waals surface area contributed by atoms with E-state index in [1.165, 1.54) is 25.2 Å². The molecule has 0 bridgehead atoms. The van der Waals surface area contributed by atoms with Gasteiger partial charge in [0, 0.05) is 19.7 Å². The van der Waals surface area contributed by atoms with Crippen LogP contribution in [0.5, 0.6) is 5.75 Å². The molecule has 2 rings (SSSR count). The molecule has 5 nitrogen and oxygen atoms in total. The van der Waals surface area contributed by atoms with Crippen LogP contribution in [0.3, 0.4) is 0 Å². The number of sulfonamides is 1. The fourth-order valence-electron chi connectivity index (χ4n) is 2.43. The first-order valence-corrected chi connectivity index (χ1v) is 9.95. The highest BCUT2D eigenvalue weighted by molar-refractivity contribution is 7.89. The first kappa shape index (κ1) is 21.3. The monoisotopic (exact) mass is 399 g/mol. The molecule has 0 aliphatic rings. The van der Waals surface area contributed by atoms with Crippen molar-refractivity contribution in [2.45, 2.75) is 24.8 Å². The lowest BCUT2D eigenvalue weighted by molar-refractivity contribution is 0.110. The third-order valence-corrected chi connectivity index (χ3v) is 6.12. The van der Waals surface area contributed by atoms with Gasteiger partial charge >= 0.3 is 0 Å². The Balaban J connectivity index is 2.12. The molecule has 0 aliphatic carbocycles. The predicted molar refractivity (Wildman–Crippen MR) is 98.2 cm³/mol. The van der Waals surface area contributed by atoms with Gasteiger partial charge in [0.05, 0.1) is 11.5 Å². The average molecular weight is 399 g/mol. The van der Waals surface area contributed by atoms with Gasteiger partial charge in [0.15, 0.2) is 11.6 Å². The summed E-state index contributed by atoms with van der Waals surface area (Å²) in [7, 11) is -2.42. The van der Waals surface area contributed by atoms with Crippen LogP contribution >= 0.6 is 0 Å². The van der Waals surface area contributed by atoms with Crippen LogP contribution in [0.25, 0.3) is 0 Å². The summed E-state index contributed by atoms with van der Waals surface area (Å²) in [6.45, 7) is 4.91. The third-order valence-electron chi connectivity index (χ3n) is 4.17. The molecule has 0 fully saturated rings. The lowest BCUT2D eigenvalue weighted by Gasteiger charge is -2.25. The normalized spacial score (nSPS) is 13.0. The maximum absolute atomic E-state index is 13.5. The summed E-state index contributed by atoms with van der Waals surface area (Å²) in [5, 5.41) is 0. The Bertz CT molecular complexity index is 857. The zero-order chi connectivity index (χ0) is 20.0. The molecule has 148 valence electrons. The van der Waals surface area contributed by atoms with E-state index in [0.717, 1.165) is 16.4 Å². The number of ether oxygens (including phenoxy) is 2. The van der Waals surface area contributed by atoms with Gasteiger partial charge in [-0.15, -0.1) is 0 Å². The highest BCUT2D eigenvalue weighted by Crippen LogP contribution is 2.27. The number of halogens is 2. The van der Waals surface area contributed by atoms with E-state index in [1.807, 2.05) is 6.92 Å². The predicted octanol–water partition coefficient (Wildman–Crippen LogP) is 3.76. The largest absolute Gasteiger partial charge is 0.491 e. The van der Waals surface area contributed by atoms with Gasteiger partial charge in [0.2, 0.25) is 10.0 Å². The third kappa shape index (κ3) is 5.24. The van der Waals surface area contributed by atoms with Gasteiger partial charge in [-0.2, -0.15) is 4.31 Å². The smallest absolute Gasteiger partial charge is 0.243 e. The van der Waals surface area contributed by atoms with E-state index in [0.29, 0.717) is 31.1 Å². The van der Waals surface area contributed by atoms with Crippen LogP contribution in [0.1, 0.15) is 25.5 Å². The van der Waals surface area contributed by atoms with Gasteiger partial charge in [0.1, 0.15) is 12.4 Å². The Labute approximate surface area is 158 Å². The van der Waals surface area contributed by atoms with Crippen molar-refractivity contribution in [3.63, 3.8) is 0 Å². The summed E-state index contributed by atoms with van der Waals surface area (Å²) in [6.07, 6.45) is 0. The fourth-order valence-corrected chi connectivity index (χ4v) is 3.78. The van der Waals surface area contributed by atoms with Gasteiger partial charge in [-0.1, -0.05) is 6.07 Å². The Morgan fingerprint density at radius 2 is 1.70 bits per heavy atom. The molecular formula is C19H23F2NO4S. The highest BCUT2D eigenvalue weighted by Gasteiger charge is 2.26. The van der Waals surface area contributed by atoms with Crippen molar-refractivity contribution in [1.82, 2.24) is 4.31 Å². The highest BCUT2D eigenvalue weighted by atomic mass is 32.2. The minimum Gasteiger partial charge on any atom is -0.491 e. The molecule has 1 atom stereocenters. The second kappa shape index (κ2) is 9.25. The van der Waals surface area contributed by atoms with Crippen molar-refractivity contribution < 1.29 is 26.7 Å². The molecule has 8 heteroatoms. The van der Waals surface area contributed by atoms with Gasteiger partial charge < -0.3 is 9.47 Å². The fraction of sp³-hybridized carbons (Fsp3) is 0.368. The summed E-state index contributed by atoms with van der Waals surface area (Å²) < 4.78 is 63.9. The van der Waals surface area contributed by atoms with E-state index in [-0.39, 0.29) is 4.90 Å². The van der Waals surface area contributed by atoms with E-state index in [1.54, 1.807) is 19.1 Å². The molecule has 0 saturated carbocycles. The minimum absolute atomic E-state index is 0.0802. The average Bonchev–Trinajstić information content (AvgIpc) is 2.66. The first-order chi connectivity index (χ1) is 12.8. The topological polar surface area (TPSA) is 55.8 Å². The lowest BCUT2D eigenvalue weighted by atomic mass is 10.1. The maximum Gasteiger partial charge on any atom is 0.243 e. The number of rotatable bonds is 9. The van der Waals surface area contributed by atoms with Crippen LogP contribution in [0.2, 0.25) is 0 Å². The summed E-state index contributed by atoms with van der Waals surface area (Å²) in [4.78, 5) is 0.0802. The van der Waals surface area contributed by atoms with E-state index in [9.17, 15) is 17.2 Å². The zero-order valence-corrected chi connectivity index (χ0v) is 16.3. The van der Waals surface area contributed by atoms with Crippen molar-refractivity contribution in [3.8, 4) is 5.75 Å². The van der Waals surface area contributed by atoms with E-state index in [2.05, 4.69) is 0 Å². The Kier molecular flexibility index (Phi) is 7.29. The van der Waals surface area contributed by atoms with Crippen LogP contribution in [-0.2, 0) is 14.8 Å². The van der Waals surface area contributed by atoms with Crippen LogP contribution in [0.4, 0.5) is 8.78 Å². The van der Waals surface area contributed by atoms with Crippen LogP contribution in [0, 0.1) is 11.6 Å². The van der Waals surface area contributed by atoms with Crippen molar-refractivity contribution in [2.75, 3.05) is 26.9 Å². The number of benzene rings is 2. The standard InChI is InChI=1S/C19H23F2NO4S/c1-4-25-11-12-26-16-6-8-17(9-7-16)27(23,24)22(3)14(2)15-5-10-18(20)19(21)13-15/h5-10,13-14H,4,11-12H2,1-3H3. The van der Waals surface area contributed by atoms with Crippen molar-refractivity contribution in [3.05, 3.63) is 59.7 Å². The van der Waals surface area contributed by atoms with Gasteiger partial charge in [-0.3, -0.25) is 0 Å². The number of nitrogens with zero attached hydrogens (tertiary/aromatic N) is 1. The molecule has 0 amide bonds. The van der Waals surface area contributed by atoms with Crippen LogP contribution in [0.15, 0.2) is 47.4 Å². The molecule has 2 aromatic carbocycles. The Morgan fingerprint density at radius 1 is 1.04 bits per heavy atom. The molecule has 0 radical (unpaired) electrons. The quantitative estimate of drug-likeness (QED) is 0.603. The molecule has 27 heavy (non-hydrogen) atoms. The van der Waals surface area contributed by atoms with Crippen LogP contribution < -0.4 is 4.74 Å². The zero-order valence-electron chi connectivity index (χ0n) is 15.5. The van der Waals surface area contributed by atoms with Crippen molar-refractivity contribution >= 4 is 10.0 Å². The summed E-state index contributed by atoms with van der Waals surface area (Å²) in [5.41, 5.74) is 0.357. The van der Waals surface area contributed by atoms with Gasteiger partial charge in [-0.25, -0.2) is 17.2 Å². The molecule has 0 saturated heterocycles. The Morgan fingerprint density at radius 3 is 2.30 bits per heavy atom. The summed E-state index contributed by atoms with van der Waals surface area (Å²) >= 11 is 0. The maximum atomic E-state index is 13.5. The van der Waals surface area contributed by atoms with Crippen molar-refractivity contribution in [1.29, 1.82) is 0 Å². The van der Waals surface area contributed by atoms with E-state index < -0.39 is 27.7 Å². The summed E-state index contributed by atoms with van der Waals surface area (Å²) in [6, 6.07) is 8.69. The SMILES string of the molecule is CCOCCOc1ccc(S(=O)(=O)N(C)C(C)c2ccc(F)c(F)c2)cc1. The number of hydrogen-bond acceptors (Lipinski definition) is 4. The van der Waals surface area contributed by atoms with E-state index >= 15 is 0 Å². The molecule has 1 unspecified atom stereocenters. The second-order valence-corrected chi connectivity index (χ2v) is 7.89. The molecule has 0 spiro atoms. The van der Waals surface area contributed by atoms with Gasteiger partial charge in [-0.05, 0) is 55.8 Å².